The van der Waals surface area contributed by atoms with Gasteiger partial charge in [0.15, 0.2) is 11.5 Å². The van der Waals surface area contributed by atoms with Crippen molar-refractivity contribution >= 4 is 23.6 Å². The maximum atomic E-state index is 13.6. The first kappa shape index (κ1) is 24.8. The fourth-order valence-electron chi connectivity index (χ4n) is 4.15. The highest BCUT2D eigenvalue weighted by molar-refractivity contribution is 6.23. The van der Waals surface area contributed by atoms with E-state index in [1.165, 1.54) is 7.11 Å². The predicted octanol–water partition coefficient (Wildman–Crippen LogP) is 5.77. The highest BCUT2D eigenvalue weighted by Crippen LogP contribution is 2.37. The third-order valence-electron chi connectivity index (χ3n) is 6.27. The van der Waals surface area contributed by atoms with Gasteiger partial charge in [-0.25, -0.2) is 4.79 Å². The van der Waals surface area contributed by atoms with Gasteiger partial charge in [-0.3, -0.25) is 9.69 Å². The third-order valence-corrected chi connectivity index (χ3v) is 6.27. The average Bonchev–Trinajstić information content (AvgIpc) is 3.13. The van der Waals surface area contributed by atoms with Crippen molar-refractivity contribution in [2.24, 2.45) is 0 Å². The molecule has 184 valence electrons. The van der Waals surface area contributed by atoms with Gasteiger partial charge in [0.1, 0.15) is 6.61 Å². The molecule has 0 saturated carbocycles. The SMILES string of the molecule is COC(=O)C1=C(C)N(c2ccc(C)c(C)c2)C(=O)/C1=C\c1ccc(OCc2ccccc2)c(OC)c1. The second-order valence-electron chi connectivity index (χ2n) is 8.60. The lowest BCUT2D eigenvalue weighted by molar-refractivity contribution is -0.136. The normalized spacial score (nSPS) is 14.4. The maximum absolute atomic E-state index is 13.6. The topological polar surface area (TPSA) is 65.1 Å². The molecule has 3 aromatic rings. The Balaban J connectivity index is 1.69. The largest absolute Gasteiger partial charge is 0.493 e. The first-order chi connectivity index (χ1) is 17.3. The number of carbonyl (C=O) groups is 2. The van der Waals surface area contributed by atoms with Crippen LogP contribution >= 0.6 is 0 Å². The summed E-state index contributed by atoms with van der Waals surface area (Å²) in [6.45, 7) is 6.15. The number of allylic oxidation sites excluding steroid dienone is 1. The molecule has 0 saturated heterocycles. The molecule has 1 aliphatic heterocycles. The van der Waals surface area contributed by atoms with E-state index >= 15 is 0 Å². The lowest BCUT2D eigenvalue weighted by atomic mass is 10.0. The van der Waals surface area contributed by atoms with E-state index in [1.54, 1.807) is 37.1 Å². The number of ether oxygens (including phenoxy) is 3. The van der Waals surface area contributed by atoms with Crippen LogP contribution < -0.4 is 14.4 Å². The second kappa shape index (κ2) is 10.5. The van der Waals surface area contributed by atoms with Gasteiger partial charge in [0.25, 0.3) is 5.91 Å². The summed E-state index contributed by atoms with van der Waals surface area (Å²) in [6, 6.07) is 21.0. The van der Waals surface area contributed by atoms with Crippen molar-refractivity contribution in [3.63, 3.8) is 0 Å². The van der Waals surface area contributed by atoms with Crippen molar-refractivity contribution in [2.45, 2.75) is 27.4 Å². The monoisotopic (exact) mass is 483 g/mol. The highest BCUT2D eigenvalue weighted by atomic mass is 16.5. The Morgan fingerprint density at radius 1 is 0.889 bits per heavy atom. The summed E-state index contributed by atoms with van der Waals surface area (Å²) < 4.78 is 16.5. The van der Waals surface area contributed by atoms with Crippen molar-refractivity contribution in [3.8, 4) is 11.5 Å². The molecule has 0 aliphatic carbocycles. The molecule has 0 bridgehead atoms. The molecule has 6 nitrogen and oxygen atoms in total. The van der Waals surface area contributed by atoms with Crippen molar-refractivity contribution in [2.75, 3.05) is 19.1 Å². The van der Waals surface area contributed by atoms with Crippen LogP contribution in [-0.4, -0.2) is 26.1 Å². The minimum absolute atomic E-state index is 0.240. The minimum Gasteiger partial charge on any atom is -0.493 e. The number of amides is 1. The Morgan fingerprint density at radius 3 is 2.31 bits per heavy atom. The van der Waals surface area contributed by atoms with E-state index in [4.69, 9.17) is 14.2 Å². The zero-order valence-electron chi connectivity index (χ0n) is 21.1. The molecular weight excluding hydrogens is 454 g/mol. The Hall–Kier alpha value is -4.32. The number of nitrogens with zero attached hydrogens (tertiary/aromatic N) is 1. The molecule has 0 fully saturated rings. The standard InChI is InChI=1S/C30H29NO5/c1-19-11-13-24(15-20(19)2)31-21(3)28(30(33)35-5)25(29(31)32)16-23-12-14-26(27(17-23)34-4)36-18-22-9-7-6-8-10-22/h6-17H,18H2,1-5H3/b25-16-. The first-order valence-electron chi connectivity index (χ1n) is 11.6. The Bertz CT molecular complexity index is 1370. The van der Waals surface area contributed by atoms with Crippen molar-refractivity contribution in [1.29, 1.82) is 0 Å². The summed E-state index contributed by atoms with van der Waals surface area (Å²) in [6.07, 6.45) is 1.68. The van der Waals surface area contributed by atoms with Crippen LogP contribution in [-0.2, 0) is 20.9 Å². The Kier molecular flexibility index (Phi) is 7.25. The van der Waals surface area contributed by atoms with E-state index < -0.39 is 5.97 Å². The van der Waals surface area contributed by atoms with Crippen molar-refractivity contribution in [3.05, 3.63) is 106 Å². The Morgan fingerprint density at radius 2 is 1.64 bits per heavy atom. The molecule has 1 heterocycles. The van der Waals surface area contributed by atoms with Gasteiger partial charge >= 0.3 is 5.97 Å². The van der Waals surface area contributed by atoms with Gasteiger partial charge < -0.3 is 14.2 Å². The van der Waals surface area contributed by atoms with Crippen LogP contribution in [0.1, 0.15) is 29.2 Å². The third kappa shape index (κ3) is 4.89. The van der Waals surface area contributed by atoms with Crippen LogP contribution in [0.2, 0.25) is 0 Å². The molecule has 36 heavy (non-hydrogen) atoms. The number of hydrogen-bond donors (Lipinski definition) is 0. The quantitative estimate of drug-likeness (QED) is 0.315. The zero-order valence-corrected chi connectivity index (χ0v) is 21.1. The molecule has 1 aliphatic rings. The minimum atomic E-state index is -0.562. The van der Waals surface area contributed by atoms with Gasteiger partial charge in [-0.15, -0.1) is 0 Å². The first-order valence-corrected chi connectivity index (χ1v) is 11.6. The van der Waals surface area contributed by atoms with Crippen LogP contribution in [0.5, 0.6) is 11.5 Å². The zero-order chi connectivity index (χ0) is 25.8. The molecule has 3 aromatic carbocycles. The number of carbonyl (C=O) groups excluding carboxylic acids is 2. The van der Waals surface area contributed by atoms with Crippen molar-refractivity contribution < 1.29 is 23.8 Å². The average molecular weight is 484 g/mol. The molecule has 0 unspecified atom stereocenters. The molecule has 4 rings (SSSR count). The number of anilines is 1. The molecule has 0 N–H and O–H groups in total. The van der Waals surface area contributed by atoms with Crippen LogP contribution in [0.3, 0.4) is 0 Å². The summed E-state index contributed by atoms with van der Waals surface area (Å²) in [5, 5.41) is 0. The molecule has 0 radical (unpaired) electrons. The van der Waals surface area contributed by atoms with Crippen molar-refractivity contribution in [1.82, 2.24) is 0 Å². The van der Waals surface area contributed by atoms with Crippen LogP contribution in [0.15, 0.2) is 83.6 Å². The molecular formula is C30H29NO5. The number of esters is 1. The van der Waals surface area contributed by atoms with Gasteiger partial charge in [0, 0.05) is 11.4 Å². The number of hydrogen-bond acceptors (Lipinski definition) is 5. The van der Waals surface area contributed by atoms with Gasteiger partial charge in [0.2, 0.25) is 0 Å². The summed E-state index contributed by atoms with van der Waals surface area (Å²) in [4.78, 5) is 27.9. The van der Waals surface area contributed by atoms with E-state index in [2.05, 4.69) is 0 Å². The highest BCUT2D eigenvalue weighted by Gasteiger charge is 2.38. The van der Waals surface area contributed by atoms with Crippen LogP contribution in [0, 0.1) is 13.8 Å². The fourth-order valence-corrected chi connectivity index (χ4v) is 4.15. The summed E-state index contributed by atoms with van der Waals surface area (Å²) in [5.41, 5.74) is 5.64. The predicted molar refractivity (Wildman–Crippen MR) is 140 cm³/mol. The molecule has 0 atom stereocenters. The van der Waals surface area contributed by atoms with Gasteiger partial charge in [0.05, 0.1) is 25.4 Å². The number of methoxy groups -OCH3 is 2. The molecule has 1 amide bonds. The maximum Gasteiger partial charge on any atom is 0.340 e. The lowest BCUT2D eigenvalue weighted by Crippen LogP contribution is -2.24. The second-order valence-corrected chi connectivity index (χ2v) is 8.60. The molecule has 6 heteroatoms. The summed E-state index contributed by atoms with van der Waals surface area (Å²) >= 11 is 0. The van der Waals surface area contributed by atoms with E-state index in [0.29, 0.717) is 35.1 Å². The summed E-state index contributed by atoms with van der Waals surface area (Å²) in [5.74, 6) is 0.253. The van der Waals surface area contributed by atoms with Crippen LogP contribution in [0.25, 0.3) is 6.08 Å². The van der Waals surface area contributed by atoms with E-state index in [9.17, 15) is 9.59 Å². The molecule has 0 spiro atoms. The fraction of sp³-hybridized carbons (Fsp3) is 0.200. The van der Waals surface area contributed by atoms with E-state index in [-0.39, 0.29) is 17.1 Å². The van der Waals surface area contributed by atoms with Gasteiger partial charge in [-0.1, -0.05) is 42.5 Å². The summed E-state index contributed by atoms with van der Waals surface area (Å²) in [7, 11) is 2.87. The Labute approximate surface area is 211 Å². The number of benzene rings is 3. The number of aryl methyl sites for hydroxylation is 2. The van der Waals surface area contributed by atoms with E-state index in [0.717, 1.165) is 16.7 Å². The van der Waals surface area contributed by atoms with Gasteiger partial charge in [-0.05, 0) is 73.4 Å². The molecule has 0 aromatic heterocycles. The van der Waals surface area contributed by atoms with Gasteiger partial charge in [-0.2, -0.15) is 0 Å². The van der Waals surface area contributed by atoms with Crippen LogP contribution in [0.4, 0.5) is 5.69 Å². The smallest absolute Gasteiger partial charge is 0.340 e. The lowest BCUT2D eigenvalue weighted by Gasteiger charge is -2.19. The van der Waals surface area contributed by atoms with E-state index in [1.807, 2.05) is 68.4 Å². The number of rotatable bonds is 7.